The van der Waals surface area contributed by atoms with E-state index in [0.717, 1.165) is 36.8 Å². The topological polar surface area (TPSA) is 35.6 Å². The Bertz CT molecular complexity index is 706. The van der Waals surface area contributed by atoms with E-state index in [0.29, 0.717) is 18.0 Å². The Morgan fingerprint density at radius 3 is 2.62 bits per heavy atom. The van der Waals surface area contributed by atoms with Crippen LogP contribution < -0.4 is 5.32 Å². The van der Waals surface area contributed by atoms with Gasteiger partial charge in [-0.25, -0.2) is 8.78 Å². The van der Waals surface area contributed by atoms with Gasteiger partial charge in [0, 0.05) is 37.7 Å². The van der Waals surface area contributed by atoms with Gasteiger partial charge >= 0.3 is 0 Å². The average Bonchev–Trinajstić information content (AvgIpc) is 2.68. The van der Waals surface area contributed by atoms with Crippen LogP contribution in [0.1, 0.15) is 50.5 Å². The number of halogens is 2. The first kappa shape index (κ1) is 20.7. The summed E-state index contributed by atoms with van der Waals surface area (Å²) in [5.41, 5.74) is 0.452. The van der Waals surface area contributed by atoms with Crippen molar-refractivity contribution in [2.45, 2.75) is 63.6 Å². The summed E-state index contributed by atoms with van der Waals surface area (Å²) in [6.07, 6.45) is 7.66. The van der Waals surface area contributed by atoms with Crippen molar-refractivity contribution >= 4 is 5.91 Å². The van der Waals surface area contributed by atoms with E-state index in [9.17, 15) is 13.6 Å². The van der Waals surface area contributed by atoms with E-state index in [1.54, 1.807) is 0 Å². The molecule has 3 aliphatic rings. The molecular formula is C23H33F2N3O. The second-order valence-corrected chi connectivity index (χ2v) is 9.19. The van der Waals surface area contributed by atoms with Crippen LogP contribution in [-0.2, 0) is 11.3 Å². The van der Waals surface area contributed by atoms with Gasteiger partial charge in [-0.3, -0.25) is 9.69 Å². The predicted octanol–water partition coefficient (Wildman–Crippen LogP) is 3.56. The first-order valence-corrected chi connectivity index (χ1v) is 11.2. The van der Waals surface area contributed by atoms with E-state index in [4.69, 9.17) is 0 Å². The lowest BCUT2D eigenvalue weighted by Gasteiger charge is -2.57. The van der Waals surface area contributed by atoms with E-state index >= 15 is 0 Å². The highest BCUT2D eigenvalue weighted by atomic mass is 19.1. The minimum atomic E-state index is -0.614. The smallest absolute Gasteiger partial charge is 0.220 e. The zero-order chi connectivity index (χ0) is 20.4. The molecule has 6 heteroatoms. The first-order chi connectivity index (χ1) is 14.0. The van der Waals surface area contributed by atoms with Gasteiger partial charge in [0.2, 0.25) is 5.91 Å². The molecule has 0 unspecified atom stereocenters. The molecule has 0 aliphatic carbocycles. The molecule has 29 heavy (non-hydrogen) atoms. The molecule has 3 saturated heterocycles. The van der Waals surface area contributed by atoms with Gasteiger partial charge in [-0.15, -0.1) is 0 Å². The molecule has 4 nitrogen and oxygen atoms in total. The number of benzene rings is 1. The molecule has 3 fully saturated rings. The summed E-state index contributed by atoms with van der Waals surface area (Å²) in [5, 5.41) is 2.80. The summed E-state index contributed by atoms with van der Waals surface area (Å²) in [6, 6.07) is 4.67. The van der Waals surface area contributed by atoms with Gasteiger partial charge in [-0.1, -0.05) is 0 Å². The Balaban J connectivity index is 1.26. The van der Waals surface area contributed by atoms with Crippen LogP contribution >= 0.6 is 0 Å². The van der Waals surface area contributed by atoms with Crippen molar-refractivity contribution in [3.8, 4) is 0 Å². The van der Waals surface area contributed by atoms with Crippen LogP contribution in [0, 0.1) is 23.5 Å². The summed E-state index contributed by atoms with van der Waals surface area (Å²) in [7, 11) is 2.26. The third-order valence-corrected chi connectivity index (χ3v) is 7.24. The van der Waals surface area contributed by atoms with Crippen molar-refractivity contribution in [3.63, 3.8) is 0 Å². The standard InChI is InChI=1S/C23H33F2N3O/c1-27-15-17-5-3-9-28-10-4-6-20(23(17)28)21(27)7-2-8-22(29)26-14-16-11-18(24)13-19(25)12-16/h11-13,17,20-21,23H,2-10,14-15H2,1H3,(H,26,29)/t17-,20+,21+,23-/m0/s1. The molecule has 1 amide bonds. The van der Waals surface area contributed by atoms with Crippen molar-refractivity contribution in [3.05, 3.63) is 35.4 Å². The molecule has 0 aromatic heterocycles. The monoisotopic (exact) mass is 405 g/mol. The molecule has 0 saturated carbocycles. The van der Waals surface area contributed by atoms with Gasteiger partial charge in [0.15, 0.2) is 0 Å². The van der Waals surface area contributed by atoms with Gasteiger partial charge < -0.3 is 10.2 Å². The maximum Gasteiger partial charge on any atom is 0.220 e. The number of amides is 1. The molecule has 1 aromatic rings. The van der Waals surface area contributed by atoms with Gasteiger partial charge in [0.25, 0.3) is 0 Å². The normalized spacial score (nSPS) is 30.0. The minimum absolute atomic E-state index is 0.0473. The Kier molecular flexibility index (Phi) is 6.50. The fourth-order valence-corrected chi connectivity index (χ4v) is 6.12. The highest BCUT2D eigenvalue weighted by molar-refractivity contribution is 5.75. The first-order valence-electron chi connectivity index (χ1n) is 11.2. The van der Waals surface area contributed by atoms with Crippen LogP contribution in [-0.4, -0.2) is 54.5 Å². The van der Waals surface area contributed by atoms with Crippen LogP contribution in [0.3, 0.4) is 0 Å². The van der Waals surface area contributed by atoms with Gasteiger partial charge in [0.05, 0.1) is 0 Å². The Labute approximate surface area is 172 Å². The highest BCUT2D eigenvalue weighted by Crippen LogP contribution is 2.42. The van der Waals surface area contributed by atoms with Crippen LogP contribution in [0.25, 0.3) is 0 Å². The number of piperidine rings is 3. The number of nitrogens with one attached hydrogen (secondary N) is 1. The SMILES string of the molecule is CN1C[C@@H]2CCCN3CCC[C@@H]([C@H]23)[C@H]1CCCC(=O)NCc1cc(F)cc(F)c1. The lowest BCUT2D eigenvalue weighted by atomic mass is 9.69. The summed E-state index contributed by atoms with van der Waals surface area (Å²) in [5.74, 6) is 0.264. The average molecular weight is 406 g/mol. The summed E-state index contributed by atoms with van der Waals surface area (Å²) in [4.78, 5) is 17.5. The largest absolute Gasteiger partial charge is 0.352 e. The number of carbonyl (C=O) groups excluding carboxylic acids is 1. The van der Waals surface area contributed by atoms with Crippen molar-refractivity contribution in [2.24, 2.45) is 11.8 Å². The van der Waals surface area contributed by atoms with Crippen molar-refractivity contribution in [1.82, 2.24) is 15.1 Å². The molecule has 3 aliphatic heterocycles. The number of carbonyl (C=O) groups is 1. The number of hydrogen-bond donors (Lipinski definition) is 1. The molecule has 4 rings (SSSR count). The zero-order valence-electron chi connectivity index (χ0n) is 17.4. The van der Waals surface area contributed by atoms with Gasteiger partial charge in [0.1, 0.15) is 11.6 Å². The second-order valence-electron chi connectivity index (χ2n) is 9.19. The Morgan fingerprint density at radius 2 is 1.86 bits per heavy atom. The van der Waals surface area contributed by atoms with Crippen LogP contribution in [0.2, 0.25) is 0 Å². The van der Waals surface area contributed by atoms with Crippen LogP contribution in [0.4, 0.5) is 8.78 Å². The quantitative estimate of drug-likeness (QED) is 0.786. The molecule has 160 valence electrons. The molecular weight excluding hydrogens is 372 g/mol. The van der Waals surface area contributed by atoms with Gasteiger partial charge in [-0.05, 0) is 88.2 Å². The molecule has 3 heterocycles. The van der Waals surface area contributed by atoms with Crippen molar-refractivity contribution in [2.75, 3.05) is 26.7 Å². The third kappa shape index (κ3) is 4.80. The maximum absolute atomic E-state index is 13.3. The fraction of sp³-hybridized carbons (Fsp3) is 0.696. The van der Waals surface area contributed by atoms with E-state index in [1.165, 1.54) is 57.5 Å². The lowest BCUT2D eigenvalue weighted by Crippen LogP contribution is -2.63. The number of nitrogens with zero attached hydrogens (tertiary/aromatic N) is 2. The Hall–Kier alpha value is -1.53. The molecule has 4 atom stereocenters. The van der Waals surface area contributed by atoms with Crippen molar-refractivity contribution in [1.29, 1.82) is 0 Å². The van der Waals surface area contributed by atoms with Crippen LogP contribution in [0.15, 0.2) is 18.2 Å². The van der Waals surface area contributed by atoms with Crippen molar-refractivity contribution < 1.29 is 13.6 Å². The maximum atomic E-state index is 13.3. The number of likely N-dealkylation sites (tertiary alicyclic amines) is 1. The Morgan fingerprint density at radius 1 is 1.14 bits per heavy atom. The highest BCUT2D eigenvalue weighted by Gasteiger charge is 2.47. The lowest BCUT2D eigenvalue weighted by molar-refractivity contribution is -0.121. The molecule has 0 radical (unpaired) electrons. The zero-order valence-corrected chi connectivity index (χ0v) is 17.4. The van der Waals surface area contributed by atoms with E-state index in [2.05, 4.69) is 22.2 Å². The van der Waals surface area contributed by atoms with Crippen LogP contribution in [0.5, 0.6) is 0 Å². The third-order valence-electron chi connectivity index (χ3n) is 7.24. The summed E-state index contributed by atoms with van der Waals surface area (Å²) < 4.78 is 26.5. The number of rotatable bonds is 6. The number of hydrogen-bond acceptors (Lipinski definition) is 3. The molecule has 0 bridgehead atoms. The fourth-order valence-electron chi connectivity index (χ4n) is 6.12. The summed E-state index contributed by atoms with van der Waals surface area (Å²) in [6.45, 7) is 3.87. The van der Waals surface area contributed by atoms with E-state index in [1.807, 2.05) is 0 Å². The molecule has 1 aromatic carbocycles. The minimum Gasteiger partial charge on any atom is -0.352 e. The predicted molar refractivity (Wildman–Crippen MR) is 109 cm³/mol. The van der Waals surface area contributed by atoms with E-state index < -0.39 is 11.6 Å². The molecule has 0 spiro atoms. The van der Waals surface area contributed by atoms with E-state index in [-0.39, 0.29) is 12.5 Å². The van der Waals surface area contributed by atoms with Gasteiger partial charge in [-0.2, -0.15) is 0 Å². The second kappa shape index (κ2) is 9.09. The summed E-state index contributed by atoms with van der Waals surface area (Å²) >= 11 is 0. The molecule has 1 N–H and O–H groups in total.